The van der Waals surface area contributed by atoms with Crippen LogP contribution in [-0.2, 0) is 4.79 Å². The van der Waals surface area contributed by atoms with Crippen LogP contribution in [0.5, 0.6) is 0 Å². The first kappa shape index (κ1) is 11.1. The highest BCUT2D eigenvalue weighted by Crippen LogP contribution is 2.31. The summed E-state index contributed by atoms with van der Waals surface area (Å²) in [6.07, 6.45) is 6.16. The summed E-state index contributed by atoms with van der Waals surface area (Å²) in [6, 6.07) is 1.86. The van der Waals surface area contributed by atoms with E-state index in [-0.39, 0.29) is 0 Å². The van der Waals surface area contributed by atoms with Crippen LogP contribution in [0.2, 0.25) is 0 Å². The molecule has 4 nitrogen and oxygen atoms in total. The van der Waals surface area contributed by atoms with Crippen molar-refractivity contribution >= 4 is 45.4 Å². The van der Waals surface area contributed by atoms with Crippen molar-refractivity contribution in [3.63, 3.8) is 0 Å². The molecule has 0 radical (unpaired) electrons. The summed E-state index contributed by atoms with van der Waals surface area (Å²) in [5, 5.41) is 9.46. The molecule has 2 rings (SSSR count). The number of thiophene rings is 1. The number of thioether (sulfide) groups is 1. The van der Waals surface area contributed by atoms with Crippen molar-refractivity contribution in [2.24, 2.45) is 0 Å². The Morgan fingerprint density at radius 2 is 2.38 bits per heavy atom. The summed E-state index contributed by atoms with van der Waals surface area (Å²) in [5.74, 6) is -0.950. The Morgan fingerprint density at radius 1 is 1.56 bits per heavy atom. The normalized spacial score (nSPS) is 11.3. The van der Waals surface area contributed by atoms with Crippen LogP contribution in [-0.4, -0.2) is 27.3 Å². The van der Waals surface area contributed by atoms with E-state index in [1.807, 2.05) is 12.3 Å². The zero-order chi connectivity index (χ0) is 11.5. The van der Waals surface area contributed by atoms with E-state index >= 15 is 0 Å². The second-order valence-corrected chi connectivity index (χ2v) is 4.80. The fraction of sp³-hybridized carbons (Fsp3) is 0.100. The minimum absolute atomic E-state index is 0.856. The Balaban J connectivity index is 2.47. The Hall–Kier alpha value is -1.40. The molecular weight excluding hydrogens is 244 g/mol. The second kappa shape index (κ2) is 4.63. The number of aliphatic carboxylic acids is 1. The maximum Gasteiger partial charge on any atom is 0.328 e. The van der Waals surface area contributed by atoms with E-state index in [9.17, 15) is 4.79 Å². The lowest BCUT2D eigenvalue weighted by Crippen LogP contribution is -1.84. The summed E-state index contributed by atoms with van der Waals surface area (Å²) >= 11 is 3.05. The van der Waals surface area contributed by atoms with E-state index in [1.165, 1.54) is 17.7 Å². The van der Waals surface area contributed by atoms with Crippen molar-refractivity contribution in [2.75, 3.05) is 6.26 Å². The first-order chi connectivity index (χ1) is 7.70. The van der Waals surface area contributed by atoms with Gasteiger partial charge in [0, 0.05) is 11.0 Å². The fourth-order valence-corrected chi connectivity index (χ4v) is 2.95. The molecule has 0 unspecified atom stereocenters. The predicted octanol–water partition coefficient (Wildman–Crippen LogP) is 2.51. The summed E-state index contributed by atoms with van der Waals surface area (Å²) in [5.41, 5.74) is 0.856. The lowest BCUT2D eigenvalue weighted by Gasteiger charge is -1.93. The van der Waals surface area contributed by atoms with Gasteiger partial charge in [0.25, 0.3) is 0 Å². The highest BCUT2D eigenvalue weighted by Gasteiger charge is 2.06. The van der Waals surface area contributed by atoms with Crippen LogP contribution in [0.3, 0.4) is 0 Å². The van der Waals surface area contributed by atoms with E-state index in [0.717, 1.165) is 26.2 Å². The molecule has 0 fully saturated rings. The van der Waals surface area contributed by atoms with Crippen molar-refractivity contribution in [1.29, 1.82) is 0 Å². The first-order valence-corrected chi connectivity index (χ1v) is 6.44. The minimum Gasteiger partial charge on any atom is -0.478 e. The molecule has 0 aliphatic rings. The number of carbonyl (C=O) groups is 1. The fourth-order valence-electron chi connectivity index (χ4n) is 1.23. The number of hydrogen-bond donors (Lipinski definition) is 1. The number of fused-ring (bicyclic) bond motifs is 1. The SMILES string of the molecule is CSc1ncnc2cc(C=CC(=O)O)sc12. The third kappa shape index (κ3) is 2.23. The van der Waals surface area contributed by atoms with Crippen LogP contribution >= 0.6 is 23.1 Å². The Morgan fingerprint density at radius 3 is 3.06 bits per heavy atom. The quantitative estimate of drug-likeness (QED) is 0.516. The molecule has 6 heteroatoms. The van der Waals surface area contributed by atoms with Crippen molar-refractivity contribution < 1.29 is 9.90 Å². The Kier molecular flexibility index (Phi) is 3.21. The van der Waals surface area contributed by atoms with Crippen LogP contribution in [0, 0.1) is 0 Å². The van der Waals surface area contributed by atoms with Crippen LogP contribution in [0.15, 0.2) is 23.5 Å². The maximum atomic E-state index is 10.4. The molecule has 0 bridgehead atoms. The highest BCUT2D eigenvalue weighted by molar-refractivity contribution is 7.98. The second-order valence-electron chi connectivity index (χ2n) is 2.92. The molecule has 0 amide bonds. The Labute approximate surface area is 100 Å². The van der Waals surface area contributed by atoms with Gasteiger partial charge in [0.05, 0.1) is 10.2 Å². The van der Waals surface area contributed by atoms with E-state index in [1.54, 1.807) is 17.8 Å². The number of hydrogen-bond acceptors (Lipinski definition) is 5. The summed E-state index contributed by atoms with van der Waals surface area (Å²) in [7, 11) is 0. The van der Waals surface area contributed by atoms with Gasteiger partial charge in [0.2, 0.25) is 0 Å². The third-order valence-electron chi connectivity index (χ3n) is 1.88. The standard InChI is InChI=1S/C10H8N2O2S2/c1-15-10-9-7(11-5-12-10)4-6(16-9)2-3-8(13)14/h2-5H,1H3,(H,13,14). The third-order valence-corrected chi connectivity index (χ3v) is 3.80. The average Bonchev–Trinajstić information content (AvgIpc) is 2.68. The lowest BCUT2D eigenvalue weighted by molar-refractivity contribution is -0.131. The van der Waals surface area contributed by atoms with Crippen molar-refractivity contribution in [3.05, 3.63) is 23.3 Å². The molecule has 0 saturated carbocycles. The van der Waals surface area contributed by atoms with Gasteiger partial charge in [-0.3, -0.25) is 0 Å². The van der Waals surface area contributed by atoms with Gasteiger partial charge in [0.1, 0.15) is 11.4 Å². The number of nitrogens with zero attached hydrogens (tertiary/aromatic N) is 2. The van der Waals surface area contributed by atoms with Gasteiger partial charge >= 0.3 is 5.97 Å². The Bertz CT molecular complexity index is 563. The largest absolute Gasteiger partial charge is 0.478 e. The zero-order valence-electron chi connectivity index (χ0n) is 8.38. The molecule has 0 saturated heterocycles. The smallest absolute Gasteiger partial charge is 0.328 e. The summed E-state index contributed by atoms with van der Waals surface area (Å²) in [4.78, 5) is 19.6. The molecule has 0 aliphatic heterocycles. The van der Waals surface area contributed by atoms with E-state index in [0.29, 0.717) is 0 Å². The molecule has 2 aromatic heterocycles. The van der Waals surface area contributed by atoms with Gasteiger partial charge in [-0.25, -0.2) is 14.8 Å². The minimum atomic E-state index is -0.950. The molecule has 16 heavy (non-hydrogen) atoms. The monoisotopic (exact) mass is 252 g/mol. The topological polar surface area (TPSA) is 63.1 Å². The van der Waals surface area contributed by atoms with Crippen molar-refractivity contribution in [2.45, 2.75) is 5.03 Å². The highest BCUT2D eigenvalue weighted by atomic mass is 32.2. The number of rotatable bonds is 3. The van der Waals surface area contributed by atoms with Gasteiger partial charge < -0.3 is 5.11 Å². The lowest BCUT2D eigenvalue weighted by atomic mass is 10.4. The van der Waals surface area contributed by atoms with Crippen LogP contribution in [0.25, 0.3) is 16.3 Å². The number of aromatic nitrogens is 2. The average molecular weight is 252 g/mol. The van der Waals surface area contributed by atoms with Crippen molar-refractivity contribution in [3.8, 4) is 0 Å². The van der Waals surface area contributed by atoms with E-state index in [4.69, 9.17) is 5.11 Å². The first-order valence-electron chi connectivity index (χ1n) is 4.40. The van der Waals surface area contributed by atoms with Gasteiger partial charge in [-0.1, -0.05) is 0 Å². The molecule has 0 aromatic carbocycles. The molecule has 2 aromatic rings. The van der Waals surface area contributed by atoms with Gasteiger partial charge in [-0.15, -0.1) is 23.1 Å². The molecule has 0 spiro atoms. The number of carboxylic acids is 1. The molecular formula is C10H8N2O2S2. The van der Waals surface area contributed by atoms with Gasteiger partial charge in [-0.05, 0) is 18.4 Å². The molecule has 2 heterocycles. The van der Waals surface area contributed by atoms with Crippen molar-refractivity contribution in [1.82, 2.24) is 9.97 Å². The summed E-state index contributed by atoms with van der Waals surface area (Å²) in [6.45, 7) is 0. The molecule has 82 valence electrons. The summed E-state index contributed by atoms with van der Waals surface area (Å²) < 4.78 is 1.00. The van der Waals surface area contributed by atoms with Crippen LogP contribution < -0.4 is 0 Å². The van der Waals surface area contributed by atoms with Gasteiger partial charge in [-0.2, -0.15) is 0 Å². The molecule has 0 aliphatic carbocycles. The number of carboxylic acid groups (broad SMARTS) is 1. The molecule has 0 atom stereocenters. The predicted molar refractivity (Wildman–Crippen MR) is 65.9 cm³/mol. The van der Waals surface area contributed by atoms with Crippen LogP contribution in [0.4, 0.5) is 0 Å². The maximum absolute atomic E-state index is 10.4. The zero-order valence-corrected chi connectivity index (χ0v) is 10.0. The van der Waals surface area contributed by atoms with Gasteiger partial charge in [0.15, 0.2) is 0 Å². The van der Waals surface area contributed by atoms with E-state index < -0.39 is 5.97 Å². The molecule has 1 N–H and O–H groups in total. The van der Waals surface area contributed by atoms with E-state index in [2.05, 4.69) is 9.97 Å². The van der Waals surface area contributed by atoms with Crippen LogP contribution in [0.1, 0.15) is 4.88 Å².